The first-order chi connectivity index (χ1) is 10.2. The molecule has 1 aromatic heterocycles. The molecule has 1 aromatic carbocycles. The van der Waals surface area contributed by atoms with E-state index in [1.807, 2.05) is 11.3 Å². The fourth-order valence-electron chi connectivity index (χ4n) is 2.44. The minimum Gasteiger partial charge on any atom is -0.306 e. The van der Waals surface area contributed by atoms with Crippen molar-refractivity contribution in [3.8, 4) is 0 Å². The van der Waals surface area contributed by atoms with E-state index < -0.39 is 0 Å². The maximum absolute atomic E-state index is 3.68. The molecular weight excluding hydrogens is 389 g/mol. The van der Waals surface area contributed by atoms with E-state index in [1.165, 1.54) is 26.0 Å². The third-order valence-electron chi connectivity index (χ3n) is 3.97. The van der Waals surface area contributed by atoms with Crippen molar-refractivity contribution in [2.24, 2.45) is 0 Å². The molecule has 1 N–H and O–H groups in total. The number of rotatable bonds is 7. The highest BCUT2D eigenvalue weighted by Crippen LogP contribution is 2.29. The Hall–Kier alpha value is -0.390. The maximum atomic E-state index is 3.68. The highest BCUT2D eigenvalue weighted by atomic mass is 127. The van der Waals surface area contributed by atoms with Crippen LogP contribution in [0.1, 0.15) is 62.3 Å². The van der Waals surface area contributed by atoms with Crippen molar-refractivity contribution < 1.29 is 0 Å². The van der Waals surface area contributed by atoms with Crippen LogP contribution in [-0.4, -0.2) is 6.54 Å². The molecular formula is C18H24INS. The standard InChI is InChI=1S/C18H24INS/c1-4-10-20-18(16-11-17(19)21-12-16)15-8-6-14(7-9-15)13(3)5-2/h6-9,11-13,18,20H,4-5,10H2,1-3H3. The van der Waals surface area contributed by atoms with Crippen molar-refractivity contribution in [3.63, 3.8) is 0 Å². The summed E-state index contributed by atoms with van der Waals surface area (Å²) in [5, 5.41) is 5.96. The Morgan fingerprint density at radius 1 is 1.10 bits per heavy atom. The quantitative estimate of drug-likeness (QED) is 0.553. The lowest BCUT2D eigenvalue weighted by Gasteiger charge is -2.19. The first kappa shape index (κ1) is 17.0. The van der Waals surface area contributed by atoms with Crippen molar-refractivity contribution in [2.45, 2.75) is 45.6 Å². The smallest absolute Gasteiger partial charge is 0.0656 e. The van der Waals surface area contributed by atoms with Gasteiger partial charge in [0.1, 0.15) is 0 Å². The van der Waals surface area contributed by atoms with Gasteiger partial charge in [0.05, 0.1) is 8.93 Å². The van der Waals surface area contributed by atoms with Crippen molar-refractivity contribution in [1.29, 1.82) is 0 Å². The first-order valence-corrected chi connectivity index (χ1v) is 9.68. The molecule has 1 heterocycles. The van der Waals surface area contributed by atoms with Gasteiger partial charge in [0.2, 0.25) is 0 Å². The Balaban J connectivity index is 2.24. The number of hydrogen-bond donors (Lipinski definition) is 1. The molecule has 0 spiro atoms. The van der Waals surface area contributed by atoms with E-state index in [2.05, 4.69) is 84.4 Å². The second-order valence-electron chi connectivity index (χ2n) is 5.55. The van der Waals surface area contributed by atoms with E-state index in [0.29, 0.717) is 12.0 Å². The van der Waals surface area contributed by atoms with E-state index in [4.69, 9.17) is 0 Å². The highest BCUT2D eigenvalue weighted by Gasteiger charge is 2.15. The van der Waals surface area contributed by atoms with Gasteiger partial charge in [-0.3, -0.25) is 0 Å². The van der Waals surface area contributed by atoms with Gasteiger partial charge < -0.3 is 5.32 Å². The number of nitrogens with one attached hydrogen (secondary N) is 1. The molecule has 0 radical (unpaired) electrons. The van der Waals surface area contributed by atoms with Gasteiger partial charge in [0.15, 0.2) is 0 Å². The summed E-state index contributed by atoms with van der Waals surface area (Å²) < 4.78 is 1.35. The zero-order valence-electron chi connectivity index (χ0n) is 13.0. The summed E-state index contributed by atoms with van der Waals surface area (Å²) in [5.74, 6) is 0.642. The minimum absolute atomic E-state index is 0.315. The first-order valence-electron chi connectivity index (χ1n) is 7.72. The molecule has 0 fully saturated rings. The van der Waals surface area contributed by atoms with E-state index in [1.54, 1.807) is 0 Å². The molecule has 3 heteroatoms. The number of halogens is 1. The van der Waals surface area contributed by atoms with E-state index in [9.17, 15) is 0 Å². The summed E-state index contributed by atoms with van der Waals surface area (Å²) in [6, 6.07) is 11.8. The molecule has 2 atom stereocenters. The zero-order chi connectivity index (χ0) is 15.2. The molecule has 0 saturated heterocycles. The van der Waals surface area contributed by atoms with Gasteiger partial charge >= 0.3 is 0 Å². The predicted molar refractivity (Wildman–Crippen MR) is 102 cm³/mol. The van der Waals surface area contributed by atoms with Crippen LogP contribution < -0.4 is 5.32 Å². The second-order valence-corrected chi connectivity index (χ2v) is 8.35. The predicted octanol–water partition coefficient (Wildman–Crippen LogP) is 5.96. The van der Waals surface area contributed by atoms with Crippen LogP contribution in [0.25, 0.3) is 0 Å². The summed E-state index contributed by atoms with van der Waals surface area (Å²) in [6.45, 7) is 7.80. The molecule has 2 rings (SSSR count). The molecule has 2 unspecified atom stereocenters. The summed E-state index contributed by atoms with van der Waals surface area (Å²) in [4.78, 5) is 0. The molecule has 2 aromatic rings. The van der Waals surface area contributed by atoms with Gasteiger partial charge in [0, 0.05) is 0 Å². The molecule has 0 amide bonds. The van der Waals surface area contributed by atoms with Gasteiger partial charge in [-0.2, -0.15) is 0 Å². The number of benzene rings is 1. The minimum atomic E-state index is 0.315. The fraction of sp³-hybridized carbons (Fsp3) is 0.444. The SMILES string of the molecule is CCCNC(c1ccc(C(C)CC)cc1)c1csc(I)c1. The molecule has 0 aliphatic heterocycles. The monoisotopic (exact) mass is 413 g/mol. The van der Waals surface area contributed by atoms with Crippen molar-refractivity contribution in [2.75, 3.05) is 6.54 Å². The largest absolute Gasteiger partial charge is 0.306 e. The lowest BCUT2D eigenvalue weighted by atomic mass is 9.94. The molecule has 1 nitrogen and oxygen atoms in total. The van der Waals surface area contributed by atoms with Gasteiger partial charge in [0.25, 0.3) is 0 Å². The van der Waals surface area contributed by atoms with Crippen molar-refractivity contribution >= 4 is 33.9 Å². The van der Waals surface area contributed by atoms with Crippen LogP contribution in [0.2, 0.25) is 0 Å². The average molecular weight is 413 g/mol. The molecule has 0 bridgehead atoms. The third kappa shape index (κ3) is 4.54. The Labute approximate surface area is 146 Å². The van der Waals surface area contributed by atoms with Gasteiger partial charge in [-0.05, 0) is 76.0 Å². The van der Waals surface area contributed by atoms with Crippen LogP contribution in [0, 0.1) is 2.88 Å². The van der Waals surface area contributed by atoms with Crippen LogP contribution in [-0.2, 0) is 0 Å². The Kier molecular flexibility index (Phi) is 6.71. The lowest BCUT2D eigenvalue weighted by molar-refractivity contribution is 0.599. The molecule has 0 aliphatic rings. The number of hydrogen-bond acceptors (Lipinski definition) is 2. The van der Waals surface area contributed by atoms with Crippen LogP contribution >= 0.6 is 33.9 Å². The Bertz CT molecular complexity index is 547. The Morgan fingerprint density at radius 2 is 1.76 bits per heavy atom. The lowest BCUT2D eigenvalue weighted by Crippen LogP contribution is -2.22. The molecule has 0 aliphatic carbocycles. The normalized spacial score (nSPS) is 14.1. The Morgan fingerprint density at radius 3 is 2.29 bits per heavy atom. The average Bonchev–Trinajstić information content (AvgIpc) is 2.94. The van der Waals surface area contributed by atoms with E-state index in [-0.39, 0.29) is 0 Å². The summed E-state index contributed by atoms with van der Waals surface area (Å²) in [5.41, 5.74) is 4.19. The van der Waals surface area contributed by atoms with Crippen molar-refractivity contribution in [3.05, 3.63) is 55.3 Å². The summed E-state index contributed by atoms with van der Waals surface area (Å²) >= 11 is 4.22. The summed E-state index contributed by atoms with van der Waals surface area (Å²) in [7, 11) is 0. The zero-order valence-corrected chi connectivity index (χ0v) is 16.0. The van der Waals surface area contributed by atoms with E-state index in [0.717, 1.165) is 13.0 Å². The number of thiophene rings is 1. The highest BCUT2D eigenvalue weighted by molar-refractivity contribution is 14.1. The maximum Gasteiger partial charge on any atom is 0.0656 e. The van der Waals surface area contributed by atoms with Crippen LogP contribution in [0.15, 0.2) is 35.7 Å². The van der Waals surface area contributed by atoms with Gasteiger partial charge in [-0.1, -0.05) is 45.0 Å². The molecule has 21 heavy (non-hydrogen) atoms. The van der Waals surface area contributed by atoms with Crippen LogP contribution in [0.4, 0.5) is 0 Å². The topological polar surface area (TPSA) is 12.0 Å². The summed E-state index contributed by atoms with van der Waals surface area (Å²) in [6.07, 6.45) is 2.35. The van der Waals surface area contributed by atoms with Crippen LogP contribution in [0.3, 0.4) is 0 Å². The molecule has 114 valence electrons. The fourth-order valence-corrected chi connectivity index (χ4v) is 3.84. The van der Waals surface area contributed by atoms with Crippen molar-refractivity contribution in [1.82, 2.24) is 5.32 Å². The van der Waals surface area contributed by atoms with Gasteiger partial charge in [-0.25, -0.2) is 0 Å². The molecule has 0 saturated carbocycles. The third-order valence-corrected chi connectivity index (χ3v) is 5.78. The van der Waals surface area contributed by atoms with E-state index >= 15 is 0 Å². The van der Waals surface area contributed by atoms with Crippen LogP contribution in [0.5, 0.6) is 0 Å². The second kappa shape index (κ2) is 8.30. The van der Waals surface area contributed by atoms with Gasteiger partial charge in [-0.15, -0.1) is 11.3 Å².